The molecule has 1 saturated heterocycles. The third-order valence-electron chi connectivity index (χ3n) is 4.60. The maximum atomic E-state index is 13.7. The van der Waals surface area contributed by atoms with Crippen molar-refractivity contribution in [3.8, 4) is 0 Å². The summed E-state index contributed by atoms with van der Waals surface area (Å²) in [7, 11) is -3.74. The number of piperazine rings is 1. The Morgan fingerprint density at radius 3 is 2.31 bits per heavy atom. The van der Waals surface area contributed by atoms with Crippen LogP contribution in [-0.2, 0) is 9.84 Å². The first-order valence-corrected chi connectivity index (χ1v) is 10.9. The van der Waals surface area contributed by atoms with Gasteiger partial charge in [-0.1, -0.05) is 23.7 Å². The first-order chi connectivity index (χ1) is 13.4. The van der Waals surface area contributed by atoms with E-state index in [0.717, 1.165) is 24.8 Å². The van der Waals surface area contributed by atoms with Crippen LogP contribution in [0.3, 0.4) is 0 Å². The number of aliphatic imine (C=N–C) groups is 1. The maximum Gasteiger partial charge on any atom is 0.191 e. The van der Waals surface area contributed by atoms with Crippen molar-refractivity contribution in [2.24, 2.45) is 10.7 Å². The van der Waals surface area contributed by atoms with Gasteiger partial charge >= 0.3 is 0 Å². The lowest BCUT2D eigenvalue weighted by Crippen LogP contribution is -2.51. The molecule has 29 heavy (non-hydrogen) atoms. The van der Waals surface area contributed by atoms with Crippen molar-refractivity contribution in [3.63, 3.8) is 0 Å². The third kappa shape index (κ3) is 6.19. The van der Waals surface area contributed by atoms with Crippen LogP contribution in [0.2, 0.25) is 5.02 Å². The van der Waals surface area contributed by atoms with Crippen LogP contribution in [-0.4, -0.2) is 57.8 Å². The zero-order valence-corrected chi connectivity index (χ0v) is 19.6. The Labute approximate surface area is 192 Å². The zero-order chi connectivity index (χ0) is 20.1. The van der Waals surface area contributed by atoms with E-state index in [4.69, 9.17) is 17.3 Å². The fraction of sp³-hybridized carbons (Fsp3) is 0.316. The minimum atomic E-state index is -3.74. The highest BCUT2D eigenvalue weighted by Crippen LogP contribution is 2.19. The average Bonchev–Trinajstić information content (AvgIpc) is 2.69. The van der Waals surface area contributed by atoms with Gasteiger partial charge in [0.15, 0.2) is 15.8 Å². The molecule has 3 rings (SSSR count). The van der Waals surface area contributed by atoms with E-state index in [1.54, 1.807) is 0 Å². The van der Waals surface area contributed by atoms with E-state index < -0.39 is 15.7 Å². The second-order valence-electron chi connectivity index (χ2n) is 6.44. The van der Waals surface area contributed by atoms with E-state index in [1.807, 2.05) is 29.2 Å². The summed E-state index contributed by atoms with van der Waals surface area (Å²) in [5, 5.41) is 0.698. The third-order valence-corrected chi connectivity index (χ3v) is 6.57. The van der Waals surface area contributed by atoms with Gasteiger partial charge < -0.3 is 15.5 Å². The molecule has 1 aliphatic heterocycles. The number of hydrogen-bond donors (Lipinski definition) is 1. The smallest absolute Gasteiger partial charge is 0.191 e. The number of nitrogens with zero attached hydrogens (tertiary/aromatic N) is 3. The molecule has 0 radical (unpaired) electrons. The van der Waals surface area contributed by atoms with Crippen molar-refractivity contribution in [1.82, 2.24) is 4.90 Å². The fourth-order valence-corrected chi connectivity index (χ4v) is 4.36. The summed E-state index contributed by atoms with van der Waals surface area (Å²) < 4.78 is 38.2. The maximum absolute atomic E-state index is 13.7. The fourth-order valence-electron chi connectivity index (χ4n) is 3.03. The first kappa shape index (κ1) is 23.7. The van der Waals surface area contributed by atoms with E-state index in [2.05, 4.69) is 9.89 Å². The molecule has 0 aromatic heterocycles. The SMILES string of the molecule is I.NC(=NCCS(=O)(=O)c1ccccc1F)N1CCN(c2ccc(Cl)cc2)CC1. The largest absolute Gasteiger partial charge is 0.370 e. The van der Waals surface area contributed by atoms with E-state index in [-0.39, 0.29) is 41.2 Å². The monoisotopic (exact) mass is 552 g/mol. The number of guanidine groups is 1. The van der Waals surface area contributed by atoms with Crippen LogP contribution in [0.25, 0.3) is 0 Å². The summed E-state index contributed by atoms with van der Waals surface area (Å²) in [5.74, 6) is -0.739. The lowest BCUT2D eigenvalue weighted by molar-refractivity contribution is 0.381. The second-order valence-corrected chi connectivity index (χ2v) is 8.95. The van der Waals surface area contributed by atoms with Gasteiger partial charge in [0.1, 0.15) is 10.7 Å². The van der Waals surface area contributed by atoms with Gasteiger partial charge in [-0.05, 0) is 36.4 Å². The highest BCUT2D eigenvalue weighted by molar-refractivity contribution is 14.0. The van der Waals surface area contributed by atoms with Crippen LogP contribution >= 0.6 is 35.6 Å². The Bertz CT molecular complexity index is 949. The number of rotatable bonds is 5. The molecular formula is C19H23ClFIN4O2S. The molecule has 0 saturated carbocycles. The summed E-state index contributed by atoms with van der Waals surface area (Å²) in [6.45, 7) is 2.88. The van der Waals surface area contributed by atoms with Crippen LogP contribution < -0.4 is 10.6 Å². The van der Waals surface area contributed by atoms with Gasteiger partial charge in [-0.3, -0.25) is 4.99 Å². The van der Waals surface area contributed by atoms with E-state index in [1.165, 1.54) is 18.2 Å². The van der Waals surface area contributed by atoms with Crippen LogP contribution in [0, 0.1) is 5.82 Å². The summed E-state index contributed by atoms with van der Waals surface area (Å²) >= 11 is 5.92. The summed E-state index contributed by atoms with van der Waals surface area (Å²) in [6.07, 6.45) is 0. The van der Waals surface area contributed by atoms with Crippen LogP contribution in [0.15, 0.2) is 58.4 Å². The quantitative estimate of drug-likeness (QED) is 0.351. The number of sulfone groups is 1. The number of nitrogens with two attached hydrogens (primary N) is 1. The lowest BCUT2D eigenvalue weighted by atomic mass is 10.2. The van der Waals surface area contributed by atoms with Crippen LogP contribution in [0.4, 0.5) is 10.1 Å². The molecule has 0 amide bonds. The van der Waals surface area contributed by atoms with Crippen molar-refractivity contribution >= 4 is 57.1 Å². The molecule has 0 unspecified atom stereocenters. The molecule has 1 aliphatic rings. The molecule has 10 heteroatoms. The minimum absolute atomic E-state index is 0. The van der Waals surface area contributed by atoms with Crippen LogP contribution in [0.1, 0.15) is 0 Å². The Hall–Kier alpha value is -1.59. The van der Waals surface area contributed by atoms with Crippen molar-refractivity contribution in [3.05, 3.63) is 59.4 Å². The van der Waals surface area contributed by atoms with Gasteiger partial charge in [0.05, 0.1) is 12.3 Å². The molecule has 1 heterocycles. The molecule has 0 atom stereocenters. The summed E-state index contributed by atoms with van der Waals surface area (Å²) in [5.41, 5.74) is 7.11. The number of anilines is 1. The van der Waals surface area contributed by atoms with Gasteiger partial charge in [-0.25, -0.2) is 12.8 Å². The van der Waals surface area contributed by atoms with E-state index >= 15 is 0 Å². The predicted octanol–water partition coefficient (Wildman–Crippen LogP) is 3.01. The topological polar surface area (TPSA) is 79.0 Å². The molecule has 1 fully saturated rings. The summed E-state index contributed by atoms with van der Waals surface area (Å²) in [6, 6.07) is 13.0. The number of benzene rings is 2. The Balaban J connectivity index is 0.00000300. The Morgan fingerprint density at radius 1 is 1.07 bits per heavy atom. The Morgan fingerprint density at radius 2 is 1.69 bits per heavy atom. The van der Waals surface area contributed by atoms with E-state index in [0.29, 0.717) is 24.1 Å². The lowest BCUT2D eigenvalue weighted by Gasteiger charge is -2.36. The van der Waals surface area contributed by atoms with Crippen molar-refractivity contribution in [2.45, 2.75) is 4.90 Å². The van der Waals surface area contributed by atoms with Crippen LogP contribution in [0.5, 0.6) is 0 Å². The van der Waals surface area contributed by atoms with Gasteiger partial charge in [0.25, 0.3) is 0 Å². The van der Waals surface area contributed by atoms with Gasteiger partial charge in [0, 0.05) is 36.9 Å². The average molecular weight is 553 g/mol. The second kappa shape index (κ2) is 10.4. The Kier molecular flexibility index (Phi) is 8.53. The van der Waals surface area contributed by atoms with Gasteiger partial charge in [0.2, 0.25) is 0 Å². The molecule has 2 N–H and O–H groups in total. The van der Waals surface area contributed by atoms with Gasteiger partial charge in [-0.15, -0.1) is 24.0 Å². The number of hydrogen-bond acceptors (Lipinski definition) is 4. The molecule has 6 nitrogen and oxygen atoms in total. The summed E-state index contributed by atoms with van der Waals surface area (Å²) in [4.78, 5) is 8.02. The van der Waals surface area contributed by atoms with Crippen molar-refractivity contribution in [1.29, 1.82) is 0 Å². The highest BCUT2D eigenvalue weighted by Gasteiger charge is 2.20. The standard InChI is InChI=1S/C19H22ClFN4O2S.HI/c20-15-5-7-16(8-6-15)24-10-12-25(13-11-24)19(22)23-9-14-28(26,27)18-4-2-1-3-17(18)21;/h1-8H,9-14H2,(H2,22,23);1H. The molecule has 2 aromatic carbocycles. The molecule has 158 valence electrons. The molecule has 0 aliphatic carbocycles. The minimum Gasteiger partial charge on any atom is -0.370 e. The molecule has 2 aromatic rings. The van der Waals surface area contributed by atoms with E-state index in [9.17, 15) is 12.8 Å². The number of halogens is 3. The highest BCUT2D eigenvalue weighted by atomic mass is 127. The van der Waals surface area contributed by atoms with Gasteiger partial charge in [-0.2, -0.15) is 0 Å². The first-order valence-electron chi connectivity index (χ1n) is 8.89. The van der Waals surface area contributed by atoms with Crippen molar-refractivity contribution in [2.75, 3.05) is 43.4 Å². The predicted molar refractivity (Wildman–Crippen MR) is 126 cm³/mol. The molecule has 0 bridgehead atoms. The normalized spacial score (nSPS) is 15.2. The zero-order valence-electron chi connectivity index (χ0n) is 15.7. The molecular weight excluding hydrogens is 530 g/mol. The van der Waals surface area contributed by atoms with Crippen molar-refractivity contribution < 1.29 is 12.8 Å². The molecule has 0 spiro atoms.